The molecule has 2 aliphatic rings. The van der Waals surface area contributed by atoms with Crippen LogP contribution >= 0.6 is 0 Å². The quantitative estimate of drug-likeness (QED) is 0.586. The van der Waals surface area contributed by atoms with Crippen molar-refractivity contribution in [2.45, 2.75) is 32.4 Å². The zero-order chi connectivity index (χ0) is 23.1. The number of aromatic nitrogens is 5. The molecule has 1 aromatic carbocycles. The Morgan fingerprint density at radius 2 is 1.70 bits per heavy atom. The maximum Gasteiger partial charge on any atom is 0.296 e. The van der Waals surface area contributed by atoms with Gasteiger partial charge in [0.2, 0.25) is 17.8 Å². The summed E-state index contributed by atoms with van der Waals surface area (Å²) in [5.74, 6) is 0.464. The molecule has 2 N–H and O–H groups in total. The van der Waals surface area contributed by atoms with Crippen LogP contribution in [0.3, 0.4) is 0 Å². The predicted octanol–water partition coefficient (Wildman–Crippen LogP) is 2.18. The van der Waals surface area contributed by atoms with Crippen LogP contribution < -0.4 is 15.5 Å². The highest BCUT2D eigenvalue weighted by molar-refractivity contribution is 5.81. The molecule has 0 radical (unpaired) electrons. The molecule has 5 rings (SSSR count). The van der Waals surface area contributed by atoms with Crippen LogP contribution in [-0.2, 0) is 9.47 Å². The molecular weight excluding hydrogens is 434 g/mol. The Labute approximate surface area is 189 Å². The first kappa shape index (κ1) is 21.7. The average Bonchev–Trinajstić information content (AvgIpc) is 3.20. The van der Waals surface area contributed by atoms with E-state index in [1.807, 2.05) is 23.6 Å². The monoisotopic (exact) mass is 460 g/mol. The summed E-state index contributed by atoms with van der Waals surface area (Å²) in [5.41, 5.74) is 7.20. The van der Waals surface area contributed by atoms with Crippen LogP contribution in [0.1, 0.15) is 26.1 Å². The van der Waals surface area contributed by atoms with E-state index < -0.39 is 12.2 Å². The van der Waals surface area contributed by atoms with Crippen molar-refractivity contribution >= 4 is 28.6 Å². The molecule has 2 aliphatic heterocycles. The SMILES string of the molecule is CC1OCCN(c2nc(N3CCOCC3)nc(-n3c(C(F)F)nc4ccc(N)cc43)n2)C1C. The Morgan fingerprint density at radius 3 is 2.45 bits per heavy atom. The second-order valence-corrected chi connectivity index (χ2v) is 8.20. The second-order valence-electron chi connectivity index (χ2n) is 8.20. The molecule has 12 heteroatoms. The largest absolute Gasteiger partial charge is 0.399 e. The van der Waals surface area contributed by atoms with Gasteiger partial charge in [0.05, 0.1) is 43.0 Å². The minimum absolute atomic E-state index is 0.00344. The molecule has 2 aromatic heterocycles. The van der Waals surface area contributed by atoms with Crippen LogP contribution in [0.4, 0.5) is 26.4 Å². The first-order chi connectivity index (χ1) is 15.9. The lowest BCUT2D eigenvalue weighted by molar-refractivity contribution is 0.0277. The smallest absolute Gasteiger partial charge is 0.296 e. The average molecular weight is 460 g/mol. The Balaban J connectivity index is 1.70. The van der Waals surface area contributed by atoms with Gasteiger partial charge in [-0.15, -0.1) is 0 Å². The normalized spacial score (nSPS) is 21.8. The van der Waals surface area contributed by atoms with Gasteiger partial charge >= 0.3 is 0 Å². The van der Waals surface area contributed by atoms with Gasteiger partial charge in [0.15, 0.2) is 5.82 Å². The van der Waals surface area contributed by atoms with Crippen molar-refractivity contribution in [1.82, 2.24) is 24.5 Å². The van der Waals surface area contributed by atoms with Crippen molar-refractivity contribution in [2.24, 2.45) is 0 Å². The van der Waals surface area contributed by atoms with E-state index in [1.165, 1.54) is 4.57 Å². The molecule has 2 unspecified atom stereocenters. The summed E-state index contributed by atoms with van der Waals surface area (Å²) < 4.78 is 40.5. The number of morpholine rings is 2. The second kappa shape index (κ2) is 8.67. The first-order valence-electron chi connectivity index (χ1n) is 11.0. The van der Waals surface area contributed by atoms with Crippen LogP contribution in [0, 0.1) is 0 Å². The zero-order valence-corrected chi connectivity index (χ0v) is 18.5. The van der Waals surface area contributed by atoms with Crippen LogP contribution in [0.15, 0.2) is 18.2 Å². The number of imidazole rings is 1. The number of anilines is 3. The number of nitrogen functional groups attached to an aromatic ring is 1. The number of nitrogens with zero attached hydrogens (tertiary/aromatic N) is 7. The van der Waals surface area contributed by atoms with E-state index in [0.717, 1.165) is 0 Å². The van der Waals surface area contributed by atoms with Gasteiger partial charge in [-0.3, -0.25) is 4.57 Å². The maximum atomic E-state index is 14.0. The first-order valence-corrected chi connectivity index (χ1v) is 11.0. The van der Waals surface area contributed by atoms with E-state index in [2.05, 4.69) is 15.0 Å². The Bertz CT molecular complexity index is 1150. The van der Waals surface area contributed by atoms with Crippen molar-refractivity contribution in [2.75, 3.05) is 55.0 Å². The number of nitrogens with two attached hydrogens (primary N) is 1. The molecular formula is C21H26F2N8O2. The summed E-state index contributed by atoms with van der Waals surface area (Å²) in [6.07, 6.45) is -2.86. The lowest BCUT2D eigenvalue weighted by Crippen LogP contribution is -2.49. The van der Waals surface area contributed by atoms with Crippen LogP contribution in [-0.4, -0.2) is 76.1 Å². The van der Waals surface area contributed by atoms with Crippen molar-refractivity contribution in [3.63, 3.8) is 0 Å². The van der Waals surface area contributed by atoms with Crippen LogP contribution in [0.25, 0.3) is 17.0 Å². The van der Waals surface area contributed by atoms with Gasteiger partial charge in [0.1, 0.15) is 0 Å². The molecule has 3 aromatic rings. The van der Waals surface area contributed by atoms with Crippen molar-refractivity contribution in [3.8, 4) is 5.95 Å². The topological polar surface area (TPSA) is 107 Å². The molecule has 33 heavy (non-hydrogen) atoms. The number of rotatable bonds is 4. The fraction of sp³-hybridized carbons (Fsp3) is 0.524. The summed E-state index contributed by atoms with van der Waals surface area (Å²) in [7, 11) is 0. The summed E-state index contributed by atoms with van der Waals surface area (Å²) in [6.45, 7) is 7.38. The molecule has 0 aliphatic carbocycles. The molecule has 176 valence electrons. The van der Waals surface area contributed by atoms with E-state index in [9.17, 15) is 8.78 Å². The molecule has 4 heterocycles. The van der Waals surface area contributed by atoms with E-state index in [1.54, 1.807) is 18.2 Å². The van der Waals surface area contributed by atoms with E-state index in [0.29, 0.717) is 68.1 Å². The number of hydrogen-bond acceptors (Lipinski definition) is 9. The molecule has 2 atom stereocenters. The van der Waals surface area contributed by atoms with Crippen molar-refractivity contribution in [3.05, 3.63) is 24.0 Å². The number of hydrogen-bond donors (Lipinski definition) is 1. The molecule has 0 amide bonds. The number of benzene rings is 1. The molecule has 0 bridgehead atoms. The molecule has 2 fully saturated rings. The van der Waals surface area contributed by atoms with Crippen molar-refractivity contribution in [1.29, 1.82) is 0 Å². The van der Waals surface area contributed by atoms with Gasteiger partial charge in [0.25, 0.3) is 6.43 Å². The van der Waals surface area contributed by atoms with Gasteiger partial charge in [-0.25, -0.2) is 13.8 Å². The fourth-order valence-corrected chi connectivity index (χ4v) is 4.16. The minimum atomic E-state index is -2.83. The van der Waals surface area contributed by atoms with E-state index in [-0.39, 0.29) is 18.1 Å². The third kappa shape index (κ3) is 4.04. The maximum absolute atomic E-state index is 14.0. The van der Waals surface area contributed by atoms with Crippen LogP contribution in [0.5, 0.6) is 0 Å². The number of fused-ring (bicyclic) bond motifs is 1. The fourth-order valence-electron chi connectivity index (χ4n) is 4.16. The lowest BCUT2D eigenvalue weighted by atomic mass is 10.1. The third-order valence-electron chi connectivity index (χ3n) is 6.13. The lowest BCUT2D eigenvalue weighted by Gasteiger charge is -2.38. The van der Waals surface area contributed by atoms with Crippen molar-refractivity contribution < 1.29 is 18.3 Å². The summed E-state index contributed by atoms with van der Waals surface area (Å²) >= 11 is 0. The number of halogens is 2. The minimum Gasteiger partial charge on any atom is -0.399 e. The van der Waals surface area contributed by atoms with Crippen LogP contribution in [0.2, 0.25) is 0 Å². The highest BCUT2D eigenvalue weighted by atomic mass is 19.3. The third-order valence-corrected chi connectivity index (χ3v) is 6.13. The number of ether oxygens (including phenoxy) is 2. The molecule has 0 saturated carbocycles. The van der Waals surface area contributed by atoms with Gasteiger partial charge in [-0.1, -0.05) is 0 Å². The highest BCUT2D eigenvalue weighted by Gasteiger charge is 2.30. The van der Waals surface area contributed by atoms with E-state index >= 15 is 0 Å². The standard InChI is InChI=1S/C21H26F2N8O2/c1-12-13(2)33-10-7-30(12)20-26-19(29-5-8-32-9-6-29)27-21(28-20)31-16-11-14(24)3-4-15(16)25-18(31)17(22)23/h3-4,11-13,17H,5-10,24H2,1-2H3. The zero-order valence-electron chi connectivity index (χ0n) is 18.5. The van der Waals surface area contributed by atoms with Gasteiger partial charge < -0.3 is 25.0 Å². The van der Waals surface area contributed by atoms with E-state index in [4.69, 9.17) is 20.2 Å². The predicted molar refractivity (Wildman–Crippen MR) is 119 cm³/mol. The molecule has 2 saturated heterocycles. The van der Waals surface area contributed by atoms with Gasteiger partial charge in [-0.2, -0.15) is 15.0 Å². The molecule has 0 spiro atoms. The number of alkyl halides is 2. The van der Waals surface area contributed by atoms with Gasteiger partial charge in [-0.05, 0) is 32.0 Å². The summed E-state index contributed by atoms with van der Waals surface area (Å²) in [6, 6.07) is 4.84. The Hall–Kier alpha value is -3.12. The Morgan fingerprint density at radius 1 is 0.970 bits per heavy atom. The summed E-state index contributed by atoms with van der Waals surface area (Å²) in [5, 5.41) is 0. The van der Waals surface area contributed by atoms with Gasteiger partial charge in [0, 0.05) is 25.3 Å². The summed E-state index contributed by atoms with van der Waals surface area (Å²) in [4.78, 5) is 22.1. The Kier molecular flexibility index (Phi) is 5.71. The molecule has 10 nitrogen and oxygen atoms in total. The highest BCUT2D eigenvalue weighted by Crippen LogP contribution is 2.30.